The van der Waals surface area contributed by atoms with Crippen molar-refractivity contribution in [3.63, 3.8) is 0 Å². The van der Waals surface area contributed by atoms with Gasteiger partial charge in [-0.1, -0.05) is 51.0 Å². The summed E-state index contributed by atoms with van der Waals surface area (Å²) in [5.74, 6) is 1.30. The number of benzene rings is 3. The van der Waals surface area contributed by atoms with E-state index in [1.165, 1.54) is 16.0 Å². The maximum absolute atomic E-state index is 13.9. The lowest BCUT2D eigenvalue weighted by molar-refractivity contribution is 0.0608. The monoisotopic (exact) mass is 616 g/mol. The highest BCUT2D eigenvalue weighted by Crippen LogP contribution is 2.53. The van der Waals surface area contributed by atoms with Crippen LogP contribution in [-0.4, -0.2) is 51.7 Å². The number of aliphatic hydroxyl groups is 1. The minimum atomic E-state index is -0.213. The quantitative estimate of drug-likeness (QED) is 0.141. The maximum atomic E-state index is 13.9. The number of amides is 2. The summed E-state index contributed by atoms with van der Waals surface area (Å²) in [4.78, 5) is 28.8. The van der Waals surface area contributed by atoms with Crippen LogP contribution in [0.2, 0.25) is 0 Å². The first kappa shape index (κ1) is 30.5. The molecule has 7 heteroatoms. The summed E-state index contributed by atoms with van der Waals surface area (Å²) in [6.45, 7) is 7.85. The maximum Gasteiger partial charge on any atom is 0.261 e. The van der Waals surface area contributed by atoms with Gasteiger partial charge in [0.25, 0.3) is 11.8 Å². The fraction of sp³-hybridized carbons (Fsp3) is 0.436. The van der Waals surface area contributed by atoms with E-state index in [-0.39, 0.29) is 11.8 Å². The zero-order valence-electron chi connectivity index (χ0n) is 27.2. The molecule has 3 aliphatic rings. The number of fused-ring (bicyclic) bond motifs is 2. The summed E-state index contributed by atoms with van der Waals surface area (Å²) < 4.78 is 0. The summed E-state index contributed by atoms with van der Waals surface area (Å²) in [7, 11) is 0. The molecule has 1 saturated carbocycles. The van der Waals surface area contributed by atoms with Crippen LogP contribution in [0, 0.1) is 24.7 Å². The van der Waals surface area contributed by atoms with Crippen LogP contribution in [0.4, 0.5) is 5.69 Å². The van der Waals surface area contributed by atoms with Gasteiger partial charge in [-0.15, -0.1) is 5.10 Å². The fourth-order valence-corrected chi connectivity index (χ4v) is 7.99. The van der Waals surface area contributed by atoms with Crippen molar-refractivity contribution in [2.24, 2.45) is 17.8 Å². The SMILES string of the molecule is CCCCNc1ccc2c3c(cc(-c4ccc(-c5nnc(C)c6c5CC[C@H]5[C@@H](CO)[C@H]5CC6)cc4)cc13)C(=O)N(CCCC)C2=O. The molecule has 238 valence electrons. The summed E-state index contributed by atoms with van der Waals surface area (Å²) >= 11 is 0. The van der Waals surface area contributed by atoms with Crippen LogP contribution < -0.4 is 5.32 Å². The van der Waals surface area contributed by atoms with Gasteiger partial charge < -0.3 is 10.4 Å². The molecule has 1 fully saturated rings. The molecule has 7 nitrogen and oxygen atoms in total. The van der Waals surface area contributed by atoms with Gasteiger partial charge in [-0.05, 0) is 110 Å². The third kappa shape index (κ3) is 5.28. The van der Waals surface area contributed by atoms with Gasteiger partial charge in [0.05, 0.1) is 11.4 Å². The molecule has 2 aliphatic carbocycles. The number of unbranched alkanes of at least 4 members (excludes halogenated alkanes) is 2. The normalized spacial score (nSPS) is 20.3. The average molecular weight is 617 g/mol. The summed E-state index contributed by atoms with van der Waals surface area (Å²) in [6, 6.07) is 16.4. The molecule has 7 rings (SSSR count). The minimum Gasteiger partial charge on any atom is -0.396 e. The number of anilines is 1. The Morgan fingerprint density at radius 3 is 2.24 bits per heavy atom. The second-order valence-electron chi connectivity index (χ2n) is 13.4. The molecule has 0 saturated heterocycles. The second-order valence-corrected chi connectivity index (χ2v) is 13.4. The van der Waals surface area contributed by atoms with Crippen LogP contribution >= 0.6 is 0 Å². The number of imide groups is 1. The van der Waals surface area contributed by atoms with E-state index in [9.17, 15) is 14.7 Å². The van der Waals surface area contributed by atoms with Crippen LogP contribution in [0.1, 0.15) is 89.9 Å². The lowest BCUT2D eigenvalue weighted by Crippen LogP contribution is -2.40. The molecular formula is C39H44N4O3. The lowest BCUT2D eigenvalue weighted by atomic mass is 9.88. The van der Waals surface area contributed by atoms with Gasteiger partial charge in [-0.2, -0.15) is 5.10 Å². The molecular weight excluding hydrogens is 572 g/mol. The molecule has 1 aliphatic heterocycles. The number of aryl methyl sites for hydroxylation is 1. The van der Waals surface area contributed by atoms with E-state index < -0.39 is 0 Å². The minimum absolute atomic E-state index is 0.203. The highest BCUT2D eigenvalue weighted by molar-refractivity contribution is 6.27. The van der Waals surface area contributed by atoms with Gasteiger partial charge in [-0.25, -0.2) is 0 Å². The smallest absolute Gasteiger partial charge is 0.261 e. The average Bonchev–Trinajstić information content (AvgIpc) is 3.74. The van der Waals surface area contributed by atoms with Crippen molar-refractivity contribution < 1.29 is 14.7 Å². The first-order chi connectivity index (χ1) is 22.4. The van der Waals surface area contributed by atoms with Gasteiger partial charge in [0.15, 0.2) is 0 Å². The Kier molecular flexibility index (Phi) is 8.36. The van der Waals surface area contributed by atoms with E-state index in [2.05, 4.69) is 61.5 Å². The molecule has 2 heterocycles. The Hall–Kier alpha value is -4.10. The Morgan fingerprint density at radius 1 is 0.826 bits per heavy atom. The Balaban J connectivity index is 1.27. The molecule has 0 radical (unpaired) electrons. The first-order valence-corrected chi connectivity index (χ1v) is 17.2. The van der Waals surface area contributed by atoms with Gasteiger partial charge in [0, 0.05) is 52.8 Å². The first-order valence-electron chi connectivity index (χ1n) is 17.2. The number of nitrogens with one attached hydrogen (secondary N) is 1. The molecule has 4 aromatic rings. The summed E-state index contributed by atoms with van der Waals surface area (Å²) in [5.41, 5.74) is 9.72. The van der Waals surface area contributed by atoms with Gasteiger partial charge in [0.2, 0.25) is 0 Å². The molecule has 0 unspecified atom stereocenters. The molecule has 3 aromatic carbocycles. The van der Waals surface area contributed by atoms with Crippen LogP contribution in [0.5, 0.6) is 0 Å². The molecule has 0 bridgehead atoms. The van der Waals surface area contributed by atoms with Crippen LogP contribution in [0.25, 0.3) is 33.2 Å². The molecule has 1 aromatic heterocycles. The van der Waals surface area contributed by atoms with Crippen molar-refractivity contribution in [3.05, 3.63) is 76.5 Å². The van der Waals surface area contributed by atoms with Crippen molar-refractivity contribution in [2.45, 2.75) is 72.1 Å². The molecule has 3 atom stereocenters. The number of hydrogen-bond donors (Lipinski definition) is 2. The number of hydrogen-bond acceptors (Lipinski definition) is 6. The van der Waals surface area contributed by atoms with E-state index in [0.29, 0.717) is 42.0 Å². The Morgan fingerprint density at radius 2 is 1.52 bits per heavy atom. The van der Waals surface area contributed by atoms with Crippen molar-refractivity contribution in [3.8, 4) is 22.4 Å². The van der Waals surface area contributed by atoms with E-state index in [4.69, 9.17) is 5.10 Å². The molecule has 46 heavy (non-hydrogen) atoms. The number of carbonyl (C=O) groups excluding carboxylic acids is 2. The van der Waals surface area contributed by atoms with E-state index in [1.54, 1.807) is 0 Å². The number of aromatic nitrogens is 2. The van der Waals surface area contributed by atoms with Gasteiger partial charge in [0.1, 0.15) is 0 Å². The zero-order chi connectivity index (χ0) is 31.9. The standard InChI is InChI=1S/C39H44N4O3/c1-4-6-18-40-35-17-16-31-36-32(35)20-26(21-33(36)39(46)43(38(31)45)19-7-5-2)24-8-10-25(11-9-24)37-30-15-14-29-28(34(29)22-44)13-12-27(30)23(3)41-42-37/h8-11,16-17,20-21,28-29,34,40,44H,4-7,12-15,18-19,22H2,1-3H3/t28-,29+,34-/m0/s1. The molecule has 2 amide bonds. The van der Waals surface area contributed by atoms with Crippen LogP contribution in [-0.2, 0) is 12.8 Å². The Bertz CT molecular complexity index is 1810. The van der Waals surface area contributed by atoms with E-state index >= 15 is 0 Å². The summed E-state index contributed by atoms with van der Waals surface area (Å²) in [6.07, 6.45) is 7.94. The molecule has 0 spiro atoms. The Labute approximate surface area is 271 Å². The second kappa shape index (κ2) is 12.6. The number of carbonyl (C=O) groups is 2. The number of rotatable bonds is 10. The third-order valence-electron chi connectivity index (χ3n) is 10.7. The van der Waals surface area contributed by atoms with Crippen molar-refractivity contribution in [1.29, 1.82) is 0 Å². The lowest BCUT2D eigenvalue weighted by Gasteiger charge is -2.28. The van der Waals surface area contributed by atoms with Gasteiger partial charge >= 0.3 is 0 Å². The van der Waals surface area contributed by atoms with Crippen LogP contribution in [0.15, 0.2) is 48.5 Å². The predicted molar refractivity (Wildman–Crippen MR) is 183 cm³/mol. The van der Waals surface area contributed by atoms with Gasteiger partial charge in [-0.3, -0.25) is 14.5 Å². The number of aliphatic hydroxyl groups excluding tert-OH is 1. The predicted octanol–water partition coefficient (Wildman–Crippen LogP) is 7.61. The van der Waals surface area contributed by atoms with Crippen molar-refractivity contribution in [2.75, 3.05) is 25.0 Å². The summed E-state index contributed by atoms with van der Waals surface area (Å²) in [5, 5.41) is 24.3. The number of nitrogens with zero attached hydrogens (tertiary/aromatic N) is 3. The zero-order valence-corrected chi connectivity index (χ0v) is 27.2. The van der Waals surface area contributed by atoms with Crippen LogP contribution in [0.3, 0.4) is 0 Å². The third-order valence-corrected chi connectivity index (χ3v) is 10.7. The highest BCUT2D eigenvalue weighted by atomic mass is 16.3. The van der Waals surface area contributed by atoms with Crippen molar-refractivity contribution >= 4 is 28.3 Å². The van der Waals surface area contributed by atoms with E-state index in [1.807, 2.05) is 18.2 Å². The van der Waals surface area contributed by atoms with E-state index in [0.717, 1.165) is 102 Å². The van der Waals surface area contributed by atoms with Crippen molar-refractivity contribution in [1.82, 2.24) is 15.1 Å². The molecule has 2 N–H and O–H groups in total. The highest BCUT2D eigenvalue weighted by Gasteiger charge is 2.49. The topological polar surface area (TPSA) is 95.4 Å². The largest absolute Gasteiger partial charge is 0.396 e. The fourth-order valence-electron chi connectivity index (χ4n) is 7.99.